The number of hydrogen-bond acceptors (Lipinski definition) is 8. The average Bonchev–Trinajstić information content (AvgIpc) is 3.29. The first kappa shape index (κ1) is 26.1. The average molecular weight is 535 g/mol. The molecule has 36 heavy (non-hydrogen) atoms. The summed E-state index contributed by atoms with van der Waals surface area (Å²) in [5, 5.41) is 1.30. The quantitative estimate of drug-likeness (QED) is 0.566. The molecule has 0 aromatic heterocycles. The molecule has 4 aliphatic heterocycles. The number of ether oxygens (including phenoxy) is 2. The summed E-state index contributed by atoms with van der Waals surface area (Å²) >= 11 is 12.5. The molecule has 4 heterocycles. The molecule has 0 saturated carbocycles. The van der Waals surface area contributed by atoms with Crippen molar-refractivity contribution < 1.29 is 28.1 Å². The molecular weight excluding hydrogens is 505 g/mol. The summed E-state index contributed by atoms with van der Waals surface area (Å²) in [5.41, 5.74) is 14.2. The van der Waals surface area contributed by atoms with Crippen LogP contribution in [0.4, 0.5) is 0 Å². The van der Waals surface area contributed by atoms with Crippen LogP contribution in [0.1, 0.15) is 51.0 Å². The lowest BCUT2D eigenvalue weighted by atomic mass is 9.77. The smallest absolute Gasteiger partial charge is 0.491 e. The van der Waals surface area contributed by atoms with Crippen LogP contribution in [0.5, 0.6) is 11.5 Å². The van der Waals surface area contributed by atoms with Crippen molar-refractivity contribution in [1.29, 1.82) is 0 Å². The van der Waals surface area contributed by atoms with Crippen molar-refractivity contribution in [3.8, 4) is 11.5 Å². The number of benzene rings is 2. The van der Waals surface area contributed by atoms with Gasteiger partial charge in [0.15, 0.2) is 0 Å². The minimum Gasteiger partial charge on any atom is -0.491 e. The number of nitrogens with two attached hydrogens (primary N) is 2. The minimum atomic E-state index is -0.445. The van der Waals surface area contributed by atoms with Crippen molar-refractivity contribution in [2.75, 3.05) is 26.3 Å². The third-order valence-corrected chi connectivity index (χ3v) is 7.17. The van der Waals surface area contributed by atoms with Gasteiger partial charge in [0.1, 0.15) is 24.7 Å². The molecule has 6 rings (SSSR count). The molecule has 0 aliphatic carbocycles. The molecule has 8 nitrogen and oxygen atoms in total. The largest absolute Gasteiger partial charge is 0.499 e. The maximum atomic E-state index is 6.24. The molecule has 4 N–H and O–H groups in total. The van der Waals surface area contributed by atoms with Gasteiger partial charge in [-0.15, -0.1) is 0 Å². The first-order valence-corrected chi connectivity index (χ1v) is 12.8. The highest BCUT2D eigenvalue weighted by atomic mass is 35.5. The van der Waals surface area contributed by atoms with Crippen molar-refractivity contribution in [2.45, 2.75) is 51.1 Å². The van der Waals surface area contributed by atoms with Crippen molar-refractivity contribution in [3.05, 3.63) is 45.4 Å². The van der Waals surface area contributed by atoms with Gasteiger partial charge in [-0.3, -0.25) is 0 Å². The van der Waals surface area contributed by atoms with E-state index in [4.69, 9.17) is 62.8 Å². The predicted octanol–water partition coefficient (Wildman–Crippen LogP) is 2.51. The zero-order valence-electron chi connectivity index (χ0n) is 20.8. The van der Waals surface area contributed by atoms with Crippen LogP contribution in [0, 0.1) is 0 Å². The van der Waals surface area contributed by atoms with Gasteiger partial charge in [0, 0.05) is 45.2 Å². The van der Waals surface area contributed by atoms with E-state index in [2.05, 4.69) is 0 Å². The maximum absolute atomic E-state index is 6.24. The van der Waals surface area contributed by atoms with Crippen LogP contribution in [-0.4, -0.2) is 51.7 Å². The highest BCUT2D eigenvalue weighted by Gasteiger charge is 2.47. The van der Waals surface area contributed by atoms with E-state index in [9.17, 15) is 0 Å². The Hall–Kier alpha value is -1.49. The molecule has 0 radical (unpaired) electrons. The Bertz CT molecular complexity index is 1080. The summed E-state index contributed by atoms with van der Waals surface area (Å²) in [6.45, 7) is 9.59. The Kier molecular flexibility index (Phi) is 7.02. The van der Waals surface area contributed by atoms with Gasteiger partial charge in [0.25, 0.3) is 0 Å². The summed E-state index contributed by atoms with van der Waals surface area (Å²) in [6, 6.07) is 7.37. The highest BCUT2D eigenvalue weighted by Crippen LogP contribution is 2.38. The lowest BCUT2D eigenvalue weighted by Gasteiger charge is -2.25. The summed E-state index contributed by atoms with van der Waals surface area (Å²) in [5.74, 6) is 1.56. The molecule has 0 saturated heterocycles. The fourth-order valence-electron chi connectivity index (χ4n) is 4.81. The molecule has 192 valence electrons. The standard InChI is InChI=1S/2C12H15BClNO3/c2*1-12(2)6-16-8-4-3-7(14)10-9(5-15)17-13(18-12)11(8)10/h2*3-4,9H,5-6,15H2,1-2H3/t9-;/m1./s1. The minimum absolute atomic E-state index is 0.227. The van der Waals surface area contributed by atoms with Gasteiger partial charge >= 0.3 is 14.2 Å². The van der Waals surface area contributed by atoms with E-state index in [1.807, 2.05) is 52.0 Å². The van der Waals surface area contributed by atoms with Crippen molar-refractivity contribution in [2.24, 2.45) is 11.5 Å². The molecule has 12 heteroatoms. The molecule has 0 fully saturated rings. The summed E-state index contributed by atoms with van der Waals surface area (Å²) < 4.78 is 35.2. The molecule has 0 bridgehead atoms. The predicted molar refractivity (Wildman–Crippen MR) is 141 cm³/mol. The van der Waals surface area contributed by atoms with Crippen LogP contribution in [0.2, 0.25) is 10.0 Å². The van der Waals surface area contributed by atoms with E-state index in [0.29, 0.717) is 36.3 Å². The third kappa shape index (κ3) is 4.74. The van der Waals surface area contributed by atoms with Crippen LogP contribution in [0.25, 0.3) is 0 Å². The Morgan fingerprint density at radius 2 is 1.14 bits per heavy atom. The SMILES string of the molecule is CC1(C)COc2ccc(Cl)c3c2B(OC3CN)O1.CC1(C)COc2ccc(Cl)c3c2B(O[C@@H]3CN)O1. The van der Waals surface area contributed by atoms with Gasteiger partial charge < -0.3 is 39.6 Å². The Morgan fingerprint density at radius 3 is 1.50 bits per heavy atom. The van der Waals surface area contributed by atoms with Crippen molar-refractivity contribution in [1.82, 2.24) is 0 Å². The van der Waals surface area contributed by atoms with Gasteiger partial charge in [0.05, 0.1) is 23.4 Å². The summed E-state index contributed by atoms with van der Waals surface area (Å²) in [6.07, 6.45) is -0.454. The van der Waals surface area contributed by atoms with Gasteiger partial charge in [-0.2, -0.15) is 0 Å². The van der Waals surface area contributed by atoms with Crippen LogP contribution >= 0.6 is 23.2 Å². The number of halogens is 2. The van der Waals surface area contributed by atoms with Gasteiger partial charge in [-0.1, -0.05) is 23.2 Å². The number of hydrogen-bond donors (Lipinski definition) is 2. The molecule has 0 spiro atoms. The normalized spacial score (nSPS) is 24.4. The molecule has 2 aromatic rings. The molecule has 1 unspecified atom stereocenters. The van der Waals surface area contributed by atoms with E-state index >= 15 is 0 Å². The fourth-order valence-corrected chi connectivity index (χ4v) is 5.39. The van der Waals surface area contributed by atoms with Crippen LogP contribution in [-0.2, 0) is 18.6 Å². The van der Waals surface area contributed by atoms with E-state index in [0.717, 1.165) is 33.6 Å². The Balaban J connectivity index is 0.000000148. The Morgan fingerprint density at radius 1 is 0.750 bits per heavy atom. The van der Waals surface area contributed by atoms with Gasteiger partial charge in [0.2, 0.25) is 0 Å². The molecular formula is C24H30B2Cl2N2O6. The topological polar surface area (TPSA) is 107 Å². The second kappa shape index (κ2) is 9.67. The van der Waals surface area contributed by atoms with E-state index in [1.54, 1.807) is 0 Å². The van der Waals surface area contributed by atoms with Crippen molar-refractivity contribution in [3.63, 3.8) is 0 Å². The second-order valence-corrected chi connectivity index (χ2v) is 11.3. The first-order valence-electron chi connectivity index (χ1n) is 12.0. The van der Waals surface area contributed by atoms with Crippen molar-refractivity contribution >= 4 is 48.4 Å². The zero-order valence-corrected chi connectivity index (χ0v) is 22.3. The summed E-state index contributed by atoms with van der Waals surface area (Å²) in [7, 11) is -0.889. The lowest BCUT2D eigenvalue weighted by molar-refractivity contribution is 0.0278. The molecule has 2 aromatic carbocycles. The van der Waals surface area contributed by atoms with E-state index < -0.39 is 25.4 Å². The first-order chi connectivity index (χ1) is 17.0. The second-order valence-electron chi connectivity index (χ2n) is 10.5. The monoisotopic (exact) mass is 534 g/mol. The van der Waals surface area contributed by atoms with Crippen LogP contribution in [0.3, 0.4) is 0 Å². The zero-order chi connectivity index (χ0) is 25.8. The molecule has 2 atom stereocenters. The Labute approximate surface area is 222 Å². The van der Waals surface area contributed by atoms with Crippen LogP contribution < -0.4 is 31.9 Å². The fraction of sp³-hybridized carbons (Fsp3) is 0.500. The van der Waals surface area contributed by atoms with Gasteiger partial charge in [-0.05, 0) is 52.0 Å². The maximum Gasteiger partial charge on any atom is 0.499 e. The van der Waals surface area contributed by atoms with Gasteiger partial charge in [-0.25, -0.2) is 0 Å². The summed E-state index contributed by atoms with van der Waals surface area (Å²) in [4.78, 5) is 0. The van der Waals surface area contributed by atoms with Crippen LogP contribution in [0.15, 0.2) is 24.3 Å². The number of rotatable bonds is 2. The third-order valence-electron chi connectivity index (χ3n) is 6.51. The molecule has 4 aliphatic rings. The van der Waals surface area contributed by atoms with E-state index in [-0.39, 0.29) is 12.2 Å². The lowest BCUT2D eigenvalue weighted by Crippen LogP contribution is -2.40. The highest BCUT2D eigenvalue weighted by molar-refractivity contribution is 6.65. The van der Waals surface area contributed by atoms with E-state index in [1.165, 1.54) is 0 Å². The molecule has 0 amide bonds.